The number of esters is 1. The lowest BCUT2D eigenvalue weighted by Crippen LogP contribution is -2.24. The summed E-state index contributed by atoms with van der Waals surface area (Å²) >= 11 is 0. The number of carboxylic acid groups (broad SMARTS) is 1. The second kappa shape index (κ2) is 6.22. The molecule has 5 nitrogen and oxygen atoms in total. The molecule has 0 atom stereocenters. The van der Waals surface area contributed by atoms with Crippen LogP contribution in [0.4, 0.5) is 5.69 Å². The molecule has 104 valence electrons. The van der Waals surface area contributed by atoms with Crippen LogP contribution in [-0.4, -0.2) is 29.2 Å². The van der Waals surface area contributed by atoms with Gasteiger partial charge in [0, 0.05) is 5.69 Å². The highest BCUT2D eigenvalue weighted by Crippen LogP contribution is 2.13. The van der Waals surface area contributed by atoms with Crippen LogP contribution < -0.4 is 5.32 Å². The first-order valence-corrected chi connectivity index (χ1v) is 6.03. The van der Waals surface area contributed by atoms with Gasteiger partial charge in [-0.3, -0.25) is 9.59 Å². The molecule has 0 unspecified atom stereocenters. The van der Waals surface area contributed by atoms with E-state index in [2.05, 4.69) is 5.32 Å². The Bertz CT molecular complexity index is 446. The zero-order valence-corrected chi connectivity index (χ0v) is 11.4. The molecule has 1 aromatic carbocycles. The molecule has 0 radical (unpaired) electrons. The number of ether oxygens (including phenoxy) is 1. The van der Waals surface area contributed by atoms with Crippen LogP contribution in [0, 0.1) is 0 Å². The molecule has 0 fully saturated rings. The number of carboxylic acids is 1. The van der Waals surface area contributed by atoms with Crippen LogP contribution in [-0.2, 0) is 20.7 Å². The third kappa shape index (κ3) is 6.45. The van der Waals surface area contributed by atoms with Crippen LogP contribution in [0.3, 0.4) is 0 Å². The van der Waals surface area contributed by atoms with E-state index in [1.54, 1.807) is 24.3 Å². The Morgan fingerprint density at radius 2 is 1.79 bits per heavy atom. The molecule has 0 amide bonds. The lowest BCUT2D eigenvalue weighted by atomic mass is 10.1. The number of carbonyl (C=O) groups is 2. The number of hydrogen-bond donors (Lipinski definition) is 2. The molecule has 0 aliphatic heterocycles. The Kier molecular flexibility index (Phi) is 4.92. The van der Waals surface area contributed by atoms with Gasteiger partial charge in [-0.15, -0.1) is 0 Å². The molecule has 0 aliphatic carbocycles. The smallest absolute Gasteiger partial charge is 0.322 e. The van der Waals surface area contributed by atoms with Gasteiger partial charge in [-0.1, -0.05) is 12.1 Å². The van der Waals surface area contributed by atoms with Gasteiger partial charge >= 0.3 is 11.9 Å². The third-order valence-corrected chi connectivity index (χ3v) is 2.17. The van der Waals surface area contributed by atoms with Gasteiger partial charge < -0.3 is 15.2 Å². The van der Waals surface area contributed by atoms with E-state index in [4.69, 9.17) is 9.84 Å². The molecule has 1 aromatic rings. The van der Waals surface area contributed by atoms with Crippen molar-refractivity contribution < 1.29 is 19.4 Å². The van der Waals surface area contributed by atoms with Crippen molar-refractivity contribution in [2.24, 2.45) is 0 Å². The number of carbonyl (C=O) groups excluding carboxylic acids is 1. The van der Waals surface area contributed by atoms with Crippen molar-refractivity contribution >= 4 is 17.6 Å². The zero-order valence-electron chi connectivity index (χ0n) is 11.4. The first kappa shape index (κ1) is 15.0. The maximum absolute atomic E-state index is 11.6. The molecular formula is C14H19NO4. The van der Waals surface area contributed by atoms with Crippen molar-refractivity contribution in [3.63, 3.8) is 0 Å². The minimum Gasteiger partial charge on any atom is -0.480 e. The monoisotopic (exact) mass is 265 g/mol. The highest BCUT2D eigenvalue weighted by molar-refractivity contribution is 5.74. The molecule has 0 aromatic heterocycles. The quantitative estimate of drug-likeness (QED) is 0.797. The van der Waals surface area contributed by atoms with Crippen LogP contribution >= 0.6 is 0 Å². The highest BCUT2D eigenvalue weighted by Gasteiger charge is 2.16. The Labute approximate surface area is 112 Å². The Morgan fingerprint density at radius 3 is 2.26 bits per heavy atom. The van der Waals surface area contributed by atoms with Gasteiger partial charge in [-0.2, -0.15) is 0 Å². The summed E-state index contributed by atoms with van der Waals surface area (Å²) in [6, 6.07) is 7.02. The summed E-state index contributed by atoms with van der Waals surface area (Å²) in [5.74, 6) is -1.20. The van der Waals surface area contributed by atoms with Gasteiger partial charge in [0.05, 0.1) is 6.42 Å². The molecule has 1 rings (SSSR count). The van der Waals surface area contributed by atoms with E-state index < -0.39 is 11.6 Å². The Morgan fingerprint density at radius 1 is 1.21 bits per heavy atom. The predicted molar refractivity (Wildman–Crippen MR) is 72.1 cm³/mol. The minimum absolute atomic E-state index is 0.134. The highest BCUT2D eigenvalue weighted by atomic mass is 16.6. The lowest BCUT2D eigenvalue weighted by Gasteiger charge is -2.19. The standard InChI is InChI=1S/C14H19NO4/c1-14(2,3)19-13(18)8-10-4-6-11(7-5-10)15-9-12(16)17/h4-7,15H,8-9H2,1-3H3,(H,16,17). The molecule has 0 heterocycles. The van der Waals surface area contributed by atoms with Crippen LogP contribution in [0.5, 0.6) is 0 Å². The van der Waals surface area contributed by atoms with Gasteiger partial charge in [0.15, 0.2) is 0 Å². The maximum Gasteiger partial charge on any atom is 0.322 e. The fourth-order valence-corrected chi connectivity index (χ4v) is 1.46. The van der Waals surface area contributed by atoms with Gasteiger partial charge in [-0.25, -0.2) is 0 Å². The topological polar surface area (TPSA) is 75.6 Å². The average molecular weight is 265 g/mol. The van der Waals surface area contributed by atoms with E-state index in [0.29, 0.717) is 5.69 Å². The van der Waals surface area contributed by atoms with Crippen LogP contribution in [0.25, 0.3) is 0 Å². The number of nitrogens with one attached hydrogen (secondary N) is 1. The molecule has 0 spiro atoms. The summed E-state index contributed by atoms with van der Waals surface area (Å²) in [6.07, 6.45) is 0.205. The Hall–Kier alpha value is -2.04. The predicted octanol–water partition coefficient (Wildman–Crippen LogP) is 2.07. The van der Waals surface area contributed by atoms with Crippen LogP contribution in [0.15, 0.2) is 24.3 Å². The van der Waals surface area contributed by atoms with E-state index in [0.717, 1.165) is 5.56 Å². The van der Waals surface area contributed by atoms with Crippen molar-refractivity contribution in [3.05, 3.63) is 29.8 Å². The summed E-state index contributed by atoms with van der Waals surface area (Å²) < 4.78 is 5.22. The van der Waals surface area contributed by atoms with Crippen molar-refractivity contribution in [1.82, 2.24) is 0 Å². The second-order valence-corrected chi connectivity index (χ2v) is 5.21. The normalized spacial score (nSPS) is 10.9. The minimum atomic E-state index is -0.919. The van der Waals surface area contributed by atoms with Crippen molar-refractivity contribution in [2.45, 2.75) is 32.8 Å². The van der Waals surface area contributed by atoms with Crippen molar-refractivity contribution in [3.8, 4) is 0 Å². The number of rotatable bonds is 5. The number of anilines is 1. The molecule has 19 heavy (non-hydrogen) atoms. The molecule has 0 aliphatic rings. The lowest BCUT2D eigenvalue weighted by molar-refractivity contribution is -0.153. The molecular weight excluding hydrogens is 246 g/mol. The number of aliphatic carboxylic acids is 1. The summed E-state index contributed by atoms with van der Waals surface area (Å²) in [4.78, 5) is 22.0. The van der Waals surface area contributed by atoms with E-state index in [9.17, 15) is 9.59 Å². The largest absolute Gasteiger partial charge is 0.480 e. The molecule has 0 bridgehead atoms. The maximum atomic E-state index is 11.6. The van der Waals surface area contributed by atoms with E-state index in [1.165, 1.54) is 0 Å². The van der Waals surface area contributed by atoms with Gasteiger partial charge in [0.2, 0.25) is 0 Å². The summed E-state index contributed by atoms with van der Waals surface area (Å²) in [7, 11) is 0. The van der Waals surface area contributed by atoms with Gasteiger partial charge in [0.1, 0.15) is 12.1 Å². The number of benzene rings is 1. The van der Waals surface area contributed by atoms with Crippen LogP contribution in [0.1, 0.15) is 26.3 Å². The Balaban J connectivity index is 2.52. The fourth-order valence-electron chi connectivity index (χ4n) is 1.46. The molecule has 2 N–H and O–H groups in total. The zero-order chi connectivity index (χ0) is 14.5. The molecule has 5 heteroatoms. The average Bonchev–Trinajstić information content (AvgIpc) is 2.25. The summed E-state index contributed by atoms with van der Waals surface area (Å²) in [5, 5.41) is 11.3. The van der Waals surface area contributed by atoms with Crippen molar-refractivity contribution in [2.75, 3.05) is 11.9 Å². The first-order valence-electron chi connectivity index (χ1n) is 6.03. The van der Waals surface area contributed by atoms with E-state index in [1.807, 2.05) is 20.8 Å². The van der Waals surface area contributed by atoms with Crippen LogP contribution in [0.2, 0.25) is 0 Å². The summed E-state index contributed by atoms with van der Waals surface area (Å²) in [6.45, 7) is 5.34. The molecule has 0 saturated heterocycles. The second-order valence-electron chi connectivity index (χ2n) is 5.21. The van der Waals surface area contributed by atoms with Gasteiger partial charge in [0.25, 0.3) is 0 Å². The van der Waals surface area contributed by atoms with E-state index in [-0.39, 0.29) is 18.9 Å². The van der Waals surface area contributed by atoms with Crippen molar-refractivity contribution in [1.29, 1.82) is 0 Å². The first-order chi connectivity index (χ1) is 8.76. The molecule has 0 saturated carbocycles. The fraction of sp³-hybridized carbons (Fsp3) is 0.429. The van der Waals surface area contributed by atoms with Gasteiger partial charge in [-0.05, 0) is 38.5 Å². The van der Waals surface area contributed by atoms with E-state index >= 15 is 0 Å². The SMILES string of the molecule is CC(C)(C)OC(=O)Cc1ccc(NCC(=O)O)cc1. The third-order valence-electron chi connectivity index (χ3n) is 2.17. The number of hydrogen-bond acceptors (Lipinski definition) is 4. The summed E-state index contributed by atoms with van der Waals surface area (Å²) in [5.41, 5.74) is 1.05.